The van der Waals surface area contributed by atoms with E-state index in [1.54, 1.807) is 18.7 Å². The molecule has 0 saturated carbocycles. The molecule has 110 valence electrons. The molecule has 3 heterocycles. The summed E-state index contributed by atoms with van der Waals surface area (Å²) in [4.78, 5) is 25.1. The average molecular weight is 292 g/mol. The largest absolute Gasteiger partial charge is 0.367 e. The first-order chi connectivity index (χ1) is 10.8. The molecule has 1 aliphatic heterocycles. The Morgan fingerprint density at radius 2 is 2.09 bits per heavy atom. The number of H-pyrrole nitrogens is 2. The van der Waals surface area contributed by atoms with E-state index in [1.165, 1.54) is 5.56 Å². The molecule has 0 radical (unpaired) electrons. The molecular formula is C17H16N4O. The molecule has 1 amide bonds. The summed E-state index contributed by atoms with van der Waals surface area (Å²) in [6.07, 6.45) is 5.22. The first kappa shape index (κ1) is 12.9. The smallest absolute Gasteiger partial charge is 0.255 e. The van der Waals surface area contributed by atoms with E-state index in [0.717, 1.165) is 11.4 Å². The Labute approximate surface area is 128 Å². The molecule has 0 bridgehead atoms. The molecule has 2 N–H and O–H groups in total. The van der Waals surface area contributed by atoms with Crippen molar-refractivity contribution >= 4 is 5.91 Å². The van der Waals surface area contributed by atoms with E-state index in [4.69, 9.17) is 0 Å². The van der Waals surface area contributed by atoms with Gasteiger partial charge in [0.05, 0.1) is 29.8 Å². The van der Waals surface area contributed by atoms with Crippen LogP contribution < -0.4 is 0 Å². The van der Waals surface area contributed by atoms with Crippen molar-refractivity contribution in [3.8, 4) is 0 Å². The summed E-state index contributed by atoms with van der Waals surface area (Å²) in [6, 6.07) is 12.0. The zero-order chi connectivity index (χ0) is 14.9. The molecular weight excluding hydrogens is 276 g/mol. The normalized spacial score (nSPS) is 17.3. The molecule has 3 aromatic rings. The second-order valence-electron chi connectivity index (χ2n) is 5.51. The lowest BCUT2D eigenvalue weighted by Gasteiger charge is -2.32. The van der Waals surface area contributed by atoms with Gasteiger partial charge in [-0.25, -0.2) is 4.98 Å². The van der Waals surface area contributed by atoms with Crippen molar-refractivity contribution in [2.45, 2.75) is 12.5 Å². The molecule has 2 aromatic heterocycles. The fourth-order valence-electron chi connectivity index (χ4n) is 3.06. The molecule has 22 heavy (non-hydrogen) atoms. The number of nitrogens with one attached hydrogen (secondary N) is 2. The van der Waals surface area contributed by atoms with Gasteiger partial charge in [0.1, 0.15) is 0 Å². The van der Waals surface area contributed by atoms with Crippen LogP contribution in [0.3, 0.4) is 0 Å². The second-order valence-corrected chi connectivity index (χ2v) is 5.51. The highest BCUT2D eigenvalue weighted by Crippen LogP contribution is 2.31. The molecule has 4 rings (SSSR count). The van der Waals surface area contributed by atoms with Crippen molar-refractivity contribution in [3.05, 3.63) is 77.6 Å². The maximum atomic E-state index is 12.6. The van der Waals surface area contributed by atoms with E-state index in [9.17, 15) is 4.79 Å². The van der Waals surface area contributed by atoms with Gasteiger partial charge >= 0.3 is 0 Å². The number of aromatic nitrogens is 3. The van der Waals surface area contributed by atoms with Crippen LogP contribution >= 0.6 is 0 Å². The van der Waals surface area contributed by atoms with Gasteiger partial charge in [0.15, 0.2) is 0 Å². The lowest BCUT2D eigenvalue weighted by Crippen LogP contribution is -2.38. The Bertz CT molecular complexity index is 776. The van der Waals surface area contributed by atoms with E-state index in [2.05, 4.69) is 27.1 Å². The number of carbonyl (C=O) groups is 1. The molecule has 0 aliphatic carbocycles. The van der Waals surface area contributed by atoms with Gasteiger partial charge in [0.2, 0.25) is 0 Å². The van der Waals surface area contributed by atoms with Crippen LogP contribution in [-0.2, 0) is 6.54 Å². The highest BCUT2D eigenvalue weighted by atomic mass is 16.2. The number of nitrogens with zero attached hydrogens (tertiary/aromatic N) is 2. The number of rotatable bonds is 2. The van der Waals surface area contributed by atoms with Crippen molar-refractivity contribution in [2.24, 2.45) is 0 Å². The third-order valence-electron chi connectivity index (χ3n) is 4.17. The van der Waals surface area contributed by atoms with Gasteiger partial charge in [0, 0.05) is 24.9 Å². The minimum absolute atomic E-state index is 0.0439. The summed E-state index contributed by atoms with van der Waals surface area (Å²) in [7, 11) is 0. The number of fused-ring (bicyclic) bond motifs is 1. The number of benzene rings is 1. The molecule has 1 atom stereocenters. The number of hydrogen-bond acceptors (Lipinski definition) is 2. The highest BCUT2D eigenvalue weighted by Gasteiger charge is 2.31. The number of imidazole rings is 1. The van der Waals surface area contributed by atoms with Gasteiger partial charge in [0.25, 0.3) is 5.91 Å². The summed E-state index contributed by atoms with van der Waals surface area (Å²) in [6.45, 7) is 1.22. The number of aromatic amines is 2. The topological polar surface area (TPSA) is 64.8 Å². The predicted molar refractivity (Wildman–Crippen MR) is 82.4 cm³/mol. The molecule has 0 fully saturated rings. The highest BCUT2D eigenvalue weighted by molar-refractivity contribution is 5.94. The van der Waals surface area contributed by atoms with Gasteiger partial charge in [-0.1, -0.05) is 30.3 Å². The summed E-state index contributed by atoms with van der Waals surface area (Å²) < 4.78 is 0. The molecule has 5 nitrogen and oxygen atoms in total. The lowest BCUT2D eigenvalue weighted by molar-refractivity contribution is 0.0722. The van der Waals surface area contributed by atoms with Crippen molar-refractivity contribution in [1.82, 2.24) is 19.9 Å². The van der Waals surface area contributed by atoms with Gasteiger partial charge in [-0.15, -0.1) is 0 Å². The Hall–Kier alpha value is -2.82. The van der Waals surface area contributed by atoms with Crippen LogP contribution in [0.5, 0.6) is 0 Å². The van der Waals surface area contributed by atoms with Gasteiger partial charge < -0.3 is 14.9 Å². The molecule has 1 aliphatic rings. The van der Waals surface area contributed by atoms with Crippen molar-refractivity contribution in [1.29, 1.82) is 0 Å². The Kier molecular flexibility index (Phi) is 3.04. The molecule has 5 heteroatoms. The first-order valence-corrected chi connectivity index (χ1v) is 7.32. The summed E-state index contributed by atoms with van der Waals surface area (Å²) in [5, 5.41) is 0. The van der Waals surface area contributed by atoms with Crippen LogP contribution in [0.2, 0.25) is 0 Å². The lowest BCUT2D eigenvalue weighted by atomic mass is 9.91. The van der Waals surface area contributed by atoms with E-state index in [-0.39, 0.29) is 11.8 Å². The number of amides is 1. The van der Waals surface area contributed by atoms with Crippen LogP contribution in [-0.4, -0.2) is 32.3 Å². The minimum Gasteiger partial charge on any atom is -0.367 e. The van der Waals surface area contributed by atoms with Crippen molar-refractivity contribution in [2.75, 3.05) is 6.54 Å². The van der Waals surface area contributed by atoms with E-state index < -0.39 is 0 Å². The van der Waals surface area contributed by atoms with Crippen molar-refractivity contribution < 1.29 is 4.79 Å². The van der Waals surface area contributed by atoms with E-state index in [0.29, 0.717) is 18.7 Å². The molecule has 1 aromatic carbocycles. The fraction of sp³-hybridized carbons (Fsp3) is 0.176. The summed E-state index contributed by atoms with van der Waals surface area (Å²) in [5.41, 5.74) is 3.94. The van der Waals surface area contributed by atoms with E-state index in [1.807, 2.05) is 29.2 Å². The summed E-state index contributed by atoms with van der Waals surface area (Å²) >= 11 is 0. The average Bonchev–Trinajstić information content (AvgIpc) is 3.25. The standard InChI is InChI=1S/C17H16N4O/c22-17(13-6-7-18-8-13)21-9-14(12-4-2-1-3-5-12)16-15(10-21)19-11-20-16/h1-8,11,14,18H,9-10H2,(H,19,20). The zero-order valence-corrected chi connectivity index (χ0v) is 12.0. The molecule has 0 saturated heterocycles. The van der Waals surface area contributed by atoms with Crippen LogP contribution in [0.15, 0.2) is 55.1 Å². The minimum atomic E-state index is 0.0439. The summed E-state index contributed by atoms with van der Waals surface area (Å²) in [5.74, 6) is 0.154. The Morgan fingerprint density at radius 3 is 2.86 bits per heavy atom. The SMILES string of the molecule is O=C(c1cc[nH]c1)N1Cc2[nH]cnc2C(c2ccccc2)C1. The molecule has 0 spiro atoms. The predicted octanol–water partition coefficient (Wildman–Crippen LogP) is 2.53. The van der Waals surface area contributed by atoms with Crippen LogP contribution in [0.25, 0.3) is 0 Å². The van der Waals surface area contributed by atoms with Gasteiger partial charge in [-0.3, -0.25) is 4.79 Å². The first-order valence-electron chi connectivity index (χ1n) is 7.32. The number of hydrogen-bond donors (Lipinski definition) is 2. The monoisotopic (exact) mass is 292 g/mol. The van der Waals surface area contributed by atoms with Crippen LogP contribution in [0.4, 0.5) is 0 Å². The third-order valence-corrected chi connectivity index (χ3v) is 4.17. The maximum absolute atomic E-state index is 12.6. The quantitative estimate of drug-likeness (QED) is 0.762. The molecule has 1 unspecified atom stereocenters. The fourth-order valence-corrected chi connectivity index (χ4v) is 3.06. The Balaban J connectivity index is 1.70. The van der Waals surface area contributed by atoms with Crippen LogP contribution in [0, 0.1) is 0 Å². The second kappa shape index (κ2) is 5.18. The zero-order valence-electron chi connectivity index (χ0n) is 12.0. The Morgan fingerprint density at radius 1 is 1.23 bits per heavy atom. The number of carbonyl (C=O) groups excluding carboxylic acids is 1. The van der Waals surface area contributed by atoms with Crippen molar-refractivity contribution in [3.63, 3.8) is 0 Å². The van der Waals surface area contributed by atoms with E-state index >= 15 is 0 Å². The van der Waals surface area contributed by atoms with Crippen LogP contribution in [0.1, 0.15) is 33.2 Å². The third kappa shape index (κ3) is 2.11. The van der Waals surface area contributed by atoms with Gasteiger partial charge in [-0.05, 0) is 11.6 Å². The van der Waals surface area contributed by atoms with Gasteiger partial charge in [-0.2, -0.15) is 0 Å². The maximum Gasteiger partial charge on any atom is 0.255 e.